The van der Waals surface area contributed by atoms with E-state index in [1.54, 1.807) is 0 Å². The van der Waals surface area contributed by atoms with E-state index in [0.717, 1.165) is 0 Å². The Labute approximate surface area is 164 Å². The summed E-state index contributed by atoms with van der Waals surface area (Å²) in [7, 11) is 0. The van der Waals surface area contributed by atoms with Crippen molar-refractivity contribution < 1.29 is 73.2 Å². The van der Waals surface area contributed by atoms with Crippen LogP contribution in [0.4, 0.5) is 0 Å². The molecule has 0 bridgehead atoms. The van der Waals surface area contributed by atoms with Crippen molar-refractivity contribution in [3.05, 3.63) is 0 Å². The Morgan fingerprint density at radius 2 is 1.32 bits per heavy atom. The van der Waals surface area contributed by atoms with Crippen LogP contribution in [0.2, 0.25) is 0 Å². The molecule has 0 aliphatic rings. The van der Waals surface area contributed by atoms with Crippen molar-refractivity contribution in [2.45, 2.75) is 24.9 Å². The van der Waals surface area contributed by atoms with Gasteiger partial charge in [-0.1, -0.05) is 0 Å². The molecule has 2 unspecified atom stereocenters. The Kier molecular flexibility index (Phi) is 59.5. The van der Waals surface area contributed by atoms with E-state index in [4.69, 9.17) is 15.9 Å². The number of rotatable bonds is 9. The maximum atomic E-state index is 11.5. The van der Waals surface area contributed by atoms with Gasteiger partial charge >= 0.3 is 11.9 Å². The molecule has 0 aromatic carbocycles. The van der Waals surface area contributed by atoms with Crippen molar-refractivity contribution in [2.75, 3.05) is 12.3 Å². The quantitative estimate of drug-likeness (QED) is 0.183. The van der Waals surface area contributed by atoms with Crippen LogP contribution in [0, 0.1) is 0 Å². The lowest BCUT2D eigenvalue weighted by molar-refractivity contribution is -0.139. The third-order valence-corrected chi connectivity index (χ3v) is 2.61. The molecule has 2 atom stereocenters. The second kappa shape index (κ2) is 29.6. The first kappa shape index (κ1) is 56.2. The fraction of sp³-hybridized carbons (Fsp3) is 0.600. The Morgan fingerprint density at radius 3 is 1.64 bits per heavy atom. The third-order valence-electron chi connectivity index (χ3n) is 2.25. The number of carboxylic acid groups (broad SMARTS) is 2. The first-order valence-corrected chi connectivity index (χ1v) is 6.29. The van der Waals surface area contributed by atoms with E-state index in [9.17, 15) is 19.2 Å². The summed E-state index contributed by atoms with van der Waals surface area (Å²) in [5.74, 6) is -3.70. The molecular formula is C10H33N3O14S. The van der Waals surface area contributed by atoms with Gasteiger partial charge in [0.15, 0.2) is 0 Å². The molecule has 0 fully saturated rings. The van der Waals surface area contributed by atoms with E-state index in [1.165, 1.54) is 0 Å². The molecule has 0 aromatic heterocycles. The lowest BCUT2D eigenvalue weighted by atomic mass is 10.1. The van der Waals surface area contributed by atoms with Crippen LogP contribution < -0.4 is 16.4 Å². The van der Waals surface area contributed by atoms with Crippen molar-refractivity contribution in [1.29, 1.82) is 0 Å². The average Bonchev–Trinajstić information content (AvgIpc) is 2.38. The Balaban J connectivity index is -0.0000000645. The van der Waals surface area contributed by atoms with Crippen molar-refractivity contribution in [1.82, 2.24) is 10.6 Å². The van der Waals surface area contributed by atoms with Crippen LogP contribution in [-0.4, -0.2) is 102 Å². The average molecular weight is 451 g/mol. The molecule has 2 amide bonds. The molecule has 22 N–H and O–H groups in total. The number of carbonyl (C=O) groups is 4. The van der Waals surface area contributed by atoms with Gasteiger partial charge in [0.2, 0.25) is 11.8 Å². The van der Waals surface area contributed by atoms with E-state index in [-0.39, 0.29) is 62.4 Å². The number of thiol groups is 1. The minimum absolute atomic E-state index is 0. The van der Waals surface area contributed by atoms with E-state index < -0.39 is 42.4 Å². The molecule has 0 spiro atoms. The molecule has 0 saturated heterocycles. The first-order chi connectivity index (χ1) is 9.27. The summed E-state index contributed by atoms with van der Waals surface area (Å²) < 4.78 is 0. The van der Waals surface area contributed by atoms with E-state index in [2.05, 4.69) is 23.3 Å². The molecule has 17 nitrogen and oxygen atoms in total. The minimum Gasteiger partial charge on any atom is -0.480 e. The topological polar surface area (TPSA) is 411 Å². The highest BCUT2D eigenvalue weighted by Crippen LogP contribution is 1.97. The van der Waals surface area contributed by atoms with Crippen molar-refractivity contribution in [2.24, 2.45) is 5.73 Å². The number of hydrogen-bond donors (Lipinski definition) is 6. The largest absolute Gasteiger partial charge is 0.480 e. The number of amides is 2. The predicted octanol–water partition coefficient (Wildman–Crippen LogP) is -8.80. The second-order valence-corrected chi connectivity index (χ2v) is 4.26. The Bertz CT molecular complexity index is 400. The zero-order valence-corrected chi connectivity index (χ0v) is 15.4. The summed E-state index contributed by atoms with van der Waals surface area (Å²) in [6, 6.07) is -2.15. The molecular weight excluding hydrogens is 418 g/mol. The standard InChI is InChI=1S/C10H17N3O6S.8H2O/c11-5(10(18)19)1-2-7(14)13-6(4-20)9(17)12-3-8(15)16;;;;;;;;/h5-6,20H,1-4,11H2,(H,12,17)(H,13,14)(H,15,16)(H,18,19);8*1H2. The number of nitrogens with one attached hydrogen (secondary N) is 2. The Hall–Kier alpha value is -2.13. The van der Waals surface area contributed by atoms with Gasteiger partial charge in [0.05, 0.1) is 0 Å². The smallest absolute Gasteiger partial charge is 0.322 e. The molecule has 0 aromatic rings. The summed E-state index contributed by atoms with van der Waals surface area (Å²) in [6.07, 6.45) is -0.235. The second-order valence-electron chi connectivity index (χ2n) is 3.90. The van der Waals surface area contributed by atoms with E-state index in [1.807, 2.05) is 0 Å². The number of carbonyl (C=O) groups excluding carboxylic acids is 2. The molecule has 0 heterocycles. The van der Waals surface area contributed by atoms with Crippen LogP contribution >= 0.6 is 12.6 Å². The van der Waals surface area contributed by atoms with E-state index >= 15 is 0 Å². The molecule has 0 saturated carbocycles. The van der Waals surface area contributed by atoms with Gasteiger partial charge in [-0.2, -0.15) is 12.6 Å². The predicted molar refractivity (Wildman–Crippen MR) is 100 cm³/mol. The molecule has 0 aliphatic heterocycles. The normalized spacial score (nSPS) is 9.36. The van der Waals surface area contributed by atoms with Gasteiger partial charge in [-0.25, -0.2) is 0 Å². The monoisotopic (exact) mass is 451 g/mol. The number of hydrogen-bond acceptors (Lipinski definition) is 6. The zero-order chi connectivity index (χ0) is 15.7. The number of nitrogens with two attached hydrogens (primary N) is 1. The van der Waals surface area contributed by atoms with Crippen LogP contribution in [-0.2, 0) is 19.2 Å². The SMILES string of the molecule is NC(CCC(=O)NC(CS)C(=O)NCC(=O)O)C(=O)O.O.O.O.O.O.O.O.O. The summed E-state index contributed by atoms with van der Waals surface area (Å²) in [5, 5.41) is 21.4. The third kappa shape index (κ3) is 26.1. The fourth-order valence-corrected chi connectivity index (χ4v) is 1.41. The van der Waals surface area contributed by atoms with Crippen molar-refractivity contribution in [3.8, 4) is 0 Å². The molecule has 178 valence electrons. The lowest BCUT2D eigenvalue weighted by Crippen LogP contribution is -2.49. The summed E-state index contributed by atoms with van der Waals surface area (Å²) in [5.41, 5.74) is 5.23. The van der Waals surface area contributed by atoms with Crippen LogP contribution in [0.3, 0.4) is 0 Å². The van der Waals surface area contributed by atoms with Gasteiger partial charge in [0.1, 0.15) is 18.6 Å². The van der Waals surface area contributed by atoms with Gasteiger partial charge in [-0.15, -0.1) is 0 Å². The van der Waals surface area contributed by atoms with Gasteiger partial charge in [0.25, 0.3) is 0 Å². The van der Waals surface area contributed by atoms with Crippen molar-refractivity contribution >= 4 is 36.4 Å². The van der Waals surface area contributed by atoms with Crippen LogP contribution in [0.25, 0.3) is 0 Å². The zero-order valence-electron chi connectivity index (χ0n) is 14.5. The highest BCUT2D eigenvalue weighted by molar-refractivity contribution is 7.80. The first-order valence-electron chi connectivity index (χ1n) is 5.66. The summed E-state index contributed by atoms with van der Waals surface area (Å²) in [4.78, 5) is 43.7. The molecule has 0 radical (unpaired) electrons. The maximum Gasteiger partial charge on any atom is 0.322 e. The van der Waals surface area contributed by atoms with Crippen LogP contribution in [0.15, 0.2) is 0 Å². The van der Waals surface area contributed by atoms with Crippen LogP contribution in [0.1, 0.15) is 12.8 Å². The molecule has 28 heavy (non-hydrogen) atoms. The summed E-state index contributed by atoms with van der Waals surface area (Å²) >= 11 is 3.87. The minimum atomic E-state index is -1.22. The fourth-order valence-electron chi connectivity index (χ4n) is 1.16. The maximum absolute atomic E-state index is 11.5. The van der Waals surface area contributed by atoms with Gasteiger partial charge < -0.3 is 70.4 Å². The lowest BCUT2D eigenvalue weighted by Gasteiger charge is -2.16. The van der Waals surface area contributed by atoms with E-state index in [0.29, 0.717) is 0 Å². The highest BCUT2D eigenvalue weighted by atomic mass is 32.1. The number of carboxylic acids is 2. The van der Waals surface area contributed by atoms with Gasteiger partial charge in [-0.05, 0) is 6.42 Å². The van der Waals surface area contributed by atoms with Crippen LogP contribution in [0.5, 0.6) is 0 Å². The van der Waals surface area contributed by atoms with Gasteiger partial charge in [0, 0.05) is 12.2 Å². The number of aliphatic carboxylic acids is 2. The summed E-state index contributed by atoms with van der Waals surface area (Å²) in [6.45, 7) is -0.567. The van der Waals surface area contributed by atoms with Crippen molar-refractivity contribution in [3.63, 3.8) is 0 Å². The van der Waals surface area contributed by atoms with Gasteiger partial charge in [-0.3, -0.25) is 19.2 Å². The molecule has 18 heteroatoms. The Morgan fingerprint density at radius 1 is 0.893 bits per heavy atom. The molecule has 0 aliphatic carbocycles. The molecule has 0 rings (SSSR count). The highest BCUT2D eigenvalue weighted by Gasteiger charge is 2.20.